The third-order valence-electron chi connectivity index (χ3n) is 5.87. The molecule has 2 aliphatic rings. The number of carboxylic acids is 1. The zero-order chi connectivity index (χ0) is 15.1. The number of rotatable bonds is 3. The molecule has 0 radical (unpaired) electrons. The Morgan fingerprint density at radius 3 is 2.33 bits per heavy atom. The number of aliphatic carboxylic acids is 1. The molecule has 1 aromatic carbocycles. The summed E-state index contributed by atoms with van der Waals surface area (Å²) in [6, 6.07) is 8.47. The van der Waals surface area contributed by atoms with Gasteiger partial charge in [0.25, 0.3) is 0 Å². The SMILES string of the molecule is CC1(C)CCC(c2cccc(C3(C(=O)O)CCC3)c2)CC1. The normalized spacial score (nSPS) is 24.3. The van der Waals surface area contributed by atoms with Gasteiger partial charge in [-0.05, 0) is 61.0 Å². The molecule has 0 heterocycles. The van der Waals surface area contributed by atoms with E-state index in [4.69, 9.17) is 0 Å². The topological polar surface area (TPSA) is 37.3 Å². The van der Waals surface area contributed by atoms with Crippen LogP contribution >= 0.6 is 0 Å². The van der Waals surface area contributed by atoms with Crippen molar-refractivity contribution in [2.75, 3.05) is 0 Å². The van der Waals surface area contributed by atoms with Gasteiger partial charge in [0, 0.05) is 0 Å². The Labute approximate surface area is 127 Å². The molecule has 114 valence electrons. The second kappa shape index (κ2) is 5.15. The van der Waals surface area contributed by atoms with E-state index in [1.165, 1.54) is 31.2 Å². The summed E-state index contributed by atoms with van der Waals surface area (Å²) < 4.78 is 0. The molecule has 2 nitrogen and oxygen atoms in total. The highest BCUT2D eigenvalue weighted by molar-refractivity contribution is 5.82. The molecule has 0 saturated heterocycles. The molecule has 2 saturated carbocycles. The van der Waals surface area contributed by atoms with Crippen LogP contribution in [0.4, 0.5) is 0 Å². The van der Waals surface area contributed by atoms with Crippen molar-refractivity contribution in [3.05, 3.63) is 35.4 Å². The van der Waals surface area contributed by atoms with Crippen LogP contribution in [-0.4, -0.2) is 11.1 Å². The van der Waals surface area contributed by atoms with Crippen LogP contribution in [0.15, 0.2) is 24.3 Å². The van der Waals surface area contributed by atoms with Gasteiger partial charge in [0.15, 0.2) is 0 Å². The quantitative estimate of drug-likeness (QED) is 0.860. The average molecular weight is 286 g/mol. The summed E-state index contributed by atoms with van der Waals surface area (Å²) in [5, 5.41) is 9.61. The average Bonchev–Trinajstić information content (AvgIpc) is 2.37. The highest BCUT2D eigenvalue weighted by Crippen LogP contribution is 2.46. The summed E-state index contributed by atoms with van der Waals surface area (Å²) in [6.45, 7) is 4.71. The van der Waals surface area contributed by atoms with Crippen LogP contribution in [0.2, 0.25) is 0 Å². The van der Waals surface area contributed by atoms with Gasteiger partial charge in [-0.15, -0.1) is 0 Å². The van der Waals surface area contributed by atoms with Gasteiger partial charge in [-0.3, -0.25) is 4.79 Å². The molecule has 0 unspecified atom stereocenters. The second-order valence-electron chi connectivity index (χ2n) is 7.80. The van der Waals surface area contributed by atoms with Crippen molar-refractivity contribution in [1.82, 2.24) is 0 Å². The van der Waals surface area contributed by atoms with Gasteiger partial charge in [-0.2, -0.15) is 0 Å². The Hall–Kier alpha value is -1.31. The Balaban J connectivity index is 1.83. The molecule has 3 rings (SSSR count). The van der Waals surface area contributed by atoms with E-state index >= 15 is 0 Å². The Bertz CT molecular complexity index is 530. The molecule has 0 amide bonds. The lowest BCUT2D eigenvalue weighted by Crippen LogP contribution is -2.42. The molecule has 2 aliphatic carbocycles. The molecule has 0 bridgehead atoms. The van der Waals surface area contributed by atoms with Crippen molar-refractivity contribution < 1.29 is 9.90 Å². The first-order valence-electron chi connectivity index (χ1n) is 8.27. The van der Waals surface area contributed by atoms with Gasteiger partial charge in [0.2, 0.25) is 0 Å². The fraction of sp³-hybridized carbons (Fsp3) is 0.632. The minimum Gasteiger partial charge on any atom is -0.481 e. The summed E-state index contributed by atoms with van der Waals surface area (Å²) in [4.78, 5) is 11.7. The van der Waals surface area contributed by atoms with E-state index in [2.05, 4.69) is 32.0 Å². The lowest BCUT2D eigenvalue weighted by Gasteiger charge is -2.39. The first-order valence-corrected chi connectivity index (χ1v) is 8.27. The molecule has 1 N–H and O–H groups in total. The summed E-state index contributed by atoms with van der Waals surface area (Å²) in [6.07, 6.45) is 7.63. The van der Waals surface area contributed by atoms with Crippen molar-refractivity contribution in [3.8, 4) is 0 Å². The van der Waals surface area contributed by atoms with Crippen molar-refractivity contribution in [1.29, 1.82) is 0 Å². The summed E-state index contributed by atoms with van der Waals surface area (Å²) in [7, 11) is 0. The van der Waals surface area contributed by atoms with Crippen LogP contribution in [0.25, 0.3) is 0 Å². The maximum Gasteiger partial charge on any atom is 0.314 e. The van der Waals surface area contributed by atoms with Crippen LogP contribution in [0.3, 0.4) is 0 Å². The minimum absolute atomic E-state index is 0.477. The lowest BCUT2D eigenvalue weighted by molar-refractivity contribution is -0.147. The molecular weight excluding hydrogens is 260 g/mol. The van der Waals surface area contributed by atoms with Crippen LogP contribution in [0, 0.1) is 5.41 Å². The van der Waals surface area contributed by atoms with Crippen LogP contribution in [-0.2, 0) is 10.2 Å². The summed E-state index contributed by atoms with van der Waals surface area (Å²) in [5.74, 6) is -0.0282. The first kappa shape index (κ1) is 14.6. The van der Waals surface area contributed by atoms with Crippen molar-refractivity contribution in [2.45, 2.75) is 70.1 Å². The molecule has 21 heavy (non-hydrogen) atoms. The van der Waals surface area contributed by atoms with Gasteiger partial charge in [0.05, 0.1) is 5.41 Å². The number of hydrogen-bond acceptors (Lipinski definition) is 1. The lowest BCUT2D eigenvalue weighted by atomic mass is 9.63. The first-order chi connectivity index (χ1) is 9.93. The van der Waals surface area contributed by atoms with Gasteiger partial charge in [0.1, 0.15) is 0 Å². The number of carbonyl (C=O) groups is 1. The van der Waals surface area contributed by atoms with Crippen molar-refractivity contribution in [3.63, 3.8) is 0 Å². The summed E-state index contributed by atoms with van der Waals surface area (Å²) >= 11 is 0. The highest BCUT2D eigenvalue weighted by atomic mass is 16.4. The molecule has 0 aliphatic heterocycles. The zero-order valence-corrected chi connectivity index (χ0v) is 13.2. The Kier molecular flexibility index (Phi) is 3.59. The standard InChI is InChI=1S/C19H26O2/c1-18(2)11-7-14(8-12-18)15-5-3-6-16(13-15)19(17(20)21)9-4-10-19/h3,5-6,13-14H,4,7-12H2,1-2H3,(H,20,21). The molecule has 0 aromatic heterocycles. The second-order valence-corrected chi connectivity index (χ2v) is 7.80. The minimum atomic E-state index is -0.643. The van der Waals surface area contributed by atoms with Gasteiger partial charge in [-0.25, -0.2) is 0 Å². The van der Waals surface area contributed by atoms with E-state index in [9.17, 15) is 9.90 Å². The third-order valence-corrected chi connectivity index (χ3v) is 5.87. The molecule has 1 aromatic rings. The van der Waals surface area contributed by atoms with Crippen molar-refractivity contribution in [2.24, 2.45) is 5.41 Å². The number of hydrogen-bond donors (Lipinski definition) is 1. The van der Waals surface area contributed by atoms with Gasteiger partial charge in [-0.1, -0.05) is 44.5 Å². The van der Waals surface area contributed by atoms with Crippen LogP contribution in [0.1, 0.15) is 75.8 Å². The number of carboxylic acid groups (broad SMARTS) is 1. The van der Waals surface area contributed by atoms with Gasteiger partial charge >= 0.3 is 5.97 Å². The predicted octanol–water partition coefficient (Wildman–Crippen LogP) is 4.88. The Morgan fingerprint density at radius 1 is 1.14 bits per heavy atom. The largest absolute Gasteiger partial charge is 0.481 e. The molecule has 2 heteroatoms. The van der Waals surface area contributed by atoms with Gasteiger partial charge < -0.3 is 5.11 Å². The van der Waals surface area contributed by atoms with E-state index in [1.54, 1.807) is 0 Å². The van der Waals surface area contributed by atoms with E-state index in [0.717, 1.165) is 24.8 Å². The smallest absolute Gasteiger partial charge is 0.314 e. The molecule has 0 atom stereocenters. The van der Waals surface area contributed by atoms with E-state index in [0.29, 0.717) is 11.3 Å². The third kappa shape index (κ3) is 2.61. The molecule has 2 fully saturated rings. The Morgan fingerprint density at radius 2 is 1.81 bits per heavy atom. The van der Waals surface area contributed by atoms with E-state index < -0.39 is 11.4 Å². The van der Waals surface area contributed by atoms with Crippen LogP contribution < -0.4 is 0 Å². The number of benzene rings is 1. The van der Waals surface area contributed by atoms with E-state index in [-0.39, 0.29) is 0 Å². The predicted molar refractivity (Wildman–Crippen MR) is 84.6 cm³/mol. The fourth-order valence-electron chi connectivity index (χ4n) is 3.98. The van der Waals surface area contributed by atoms with Crippen LogP contribution in [0.5, 0.6) is 0 Å². The molecule has 0 spiro atoms. The van der Waals surface area contributed by atoms with E-state index in [1.807, 2.05) is 6.07 Å². The summed E-state index contributed by atoms with van der Waals surface area (Å²) in [5.41, 5.74) is 2.27. The monoisotopic (exact) mass is 286 g/mol. The maximum atomic E-state index is 11.7. The van der Waals surface area contributed by atoms with Crippen molar-refractivity contribution >= 4 is 5.97 Å². The zero-order valence-electron chi connectivity index (χ0n) is 13.2. The highest BCUT2D eigenvalue weighted by Gasteiger charge is 2.46. The molecular formula is C19H26O2. The fourth-order valence-corrected chi connectivity index (χ4v) is 3.98. The maximum absolute atomic E-state index is 11.7.